The van der Waals surface area contributed by atoms with Crippen LogP contribution < -0.4 is 0 Å². The lowest BCUT2D eigenvalue weighted by atomic mass is 10.2. The highest BCUT2D eigenvalue weighted by Crippen LogP contribution is 2.02. The topological polar surface area (TPSA) is 50.1 Å². The molecule has 0 saturated heterocycles. The molecule has 76 valence electrons. The molecule has 3 nitrogen and oxygen atoms in total. The molecule has 0 saturated carbocycles. The Balaban J connectivity index is 2.32. The van der Waals surface area contributed by atoms with Crippen molar-refractivity contribution in [2.24, 2.45) is 0 Å². The molecule has 0 bridgehead atoms. The van der Waals surface area contributed by atoms with Crippen LogP contribution in [0.5, 0.6) is 0 Å². The minimum Gasteiger partial charge on any atom is -0.458 e. The molecule has 0 fully saturated rings. The van der Waals surface area contributed by atoms with Gasteiger partial charge in [-0.1, -0.05) is 30.3 Å². The number of thiocyanates is 1. The van der Waals surface area contributed by atoms with E-state index >= 15 is 0 Å². The van der Waals surface area contributed by atoms with Gasteiger partial charge in [-0.25, -0.2) is 4.79 Å². The van der Waals surface area contributed by atoms with E-state index in [9.17, 15) is 4.79 Å². The lowest BCUT2D eigenvalue weighted by molar-refractivity contribution is -0.138. The third-order valence-electron chi connectivity index (χ3n) is 1.55. The molecule has 15 heavy (non-hydrogen) atoms. The summed E-state index contributed by atoms with van der Waals surface area (Å²) < 4.78 is 4.93. The van der Waals surface area contributed by atoms with E-state index in [-0.39, 0.29) is 6.61 Å². The Kier molecular flexibility index (Phi) is 5.06. The van der Waals surface area contributed by atoms with Crippen molar-refractivity contribution in [2.45, 2.75) is 6.61 Å². The summed E-state index contributed by atoms with van der Waals surface area (Å²) in [6.45, 7) is 0.251. The molecule has 0 unspecified atom stereocenters. The van der Waals surface area contributed by atoms with Crippen molar-refractivity contribution in [1.29, 1.82) is 5.26 Å². The van der Waals surface area contributed by atoms with E-state index in [0.717, 1.165) is 17.3 Å². The van der Waals surface area contributed by atoms with Gasteiger partial charge in [0.25, 0.3) is 0 Å². The van der Waals surface area contributed by atoms with Crippen molar-refractivity contribution < 1.29 is 9.53 Å². The number of benzene rings is 1. The van der Waals surface area contributed by atoms with E-state index in [1.165, 1.54) is 11.5 Å². The Morgan fingerprint density at radius 3 is 2.87 bits per heavy atom. The van der Waals surface area contributed by atoms with Crippen molar-refractivity contribution in [2.75, 3.05) is 0 Å². The number of hydrogen-bond acceptors (Lipinski definition) is 4. The lowest BCUT2D eigenvalue weighted by Gasteiger charge is -2.00. The number of esters is 1. The molecule has 0 atom stereocenters. The molecular weight excluding hydrogens is 210 g/mol. The van der Waals surface area contributed by atoms with Crippen molar-refractivity contribution in [3.8, 4) is 5.40 Å². The monoisotopic (exact) mass is 219 g/mol. The second-order valence-electron chi connectivity index (χ2n) is 2.61. The van der Waals surface area contributed by atoms with Gasteiger partial charge in [-0.15, -0.1) is 0 Å². The number of nitriles is 1. The van der Waals surface area contributed by atoms with Crippen LogP contribution in [0.4, 0.5) is 0 Å². The molecule has 0 aliphatic rings. The van der Waals surface area contributed by atoms with Crippen molar-refractivity contribution in [3.63, 3.8) is 0 Å². The number of rotatable bonds is 4. The number of ether oxygens (including phenoxy) is 1. The standard InChI is InChI=1S/C11H9NO2S/c12-9-15-7-6-11(13)14-8-10-4-2-1-3-5-10/h1-7H,8H2. The third-order valence-corrected chi connectivity index (χ3v) is 1.93. The van der Waals surface area contributed by atoms with Crippen LogP contribution in [0.2, 0.25) is 0 Å². The fraction of sp³-hybridized carbons (Fsp3) is 0.0909. The molecule has 0 radical (unpaired) electrons. The van der Waals surface area contributed by atoms with Gasteiger partial charge in [0.2, 0.25) is 0 Å². The van der Waals surface area contributed by atoms with Gasteiger partial charge in [0, 0.05) is 6.08 Å². The summed E-state index contributed by atoms with van der Waals surface area (Å²) >= 11 is 0.882. The maximum atomic E-state index is 11.1. The van der Waals surface area contributed by atoms with Crippen LogP contribution in [0, 0.1) is 10.7 Å². The molecule has 0 aromatic heterocycles. The summed E-state index contributed by atoms with van der Waals surface area (Å²) in [4.78, 5) is 11.1. The average Bonchev–Trinajstić information content (AvgIpc) is 2.28. The van der Waals surface area contributed by atoms with Gasteiger partial charge in [-0.3, -0.25) is 0 Å². The Labute approximate surface area is 92.4 Å². The number of nitrogens with zero attached hydrogens (tertiary/aromatic N) is 1. The van der Waals surface area contributed by atoms with E-state index in [2.05, 4.69) is 0 Å². The van der Waals surface area contributed by atoms with Crippen LogP contribution >= 0.6 is 11.8 Å². The summed E-state index contributed by atoms with van der Waals surface area (Å²) in [5.74, 6) is -0.443. The van der Waals surface area contributed by atoms with E-state index < -0.39 is 5.97 Å². The second kappa shape index (κ2) is 6.68. The molecule has 0 N–H and O–H groups in total. The molecule has 1 rings (SSSR count). The number of carbonyl (C=O) groups excluding carboxylic acids is 1. The molecule has 0 aliphatic heterocycles. The van der Waals surface area contributed by atoms with Gasteiger partial charge in [-0.2, -0.15) is 5.26 Å². The van der Waals surface area contributed by atoms with Gasteiger partial charge < -0.3 is 4.74 Å². The highest BCUT2D eigenvalue weighted by Gasteiger charge is 1.97. The maximum Gasteiger partial charge on any atom is 0.331 e. The van der Waals surface area contributed by atoms with Crippen LogP contribution in [-0.2, 0) is 16.1 Å². The van der Waals surface area contributed by atoms with E-state index in [1.54, 1.807) is 0 Å². The first-order valence-electron chi connectivity index (χ1n) is 4.25. The van der Waals surface area contributed by atoms with Gasteiger partial charge in [-0.05, 0) is 22.7 Å². The predicted molar refractivity (Wildman–Crippen MR) is 58.6 cm³/mol. The fourth-order valence-corrected chi connectivity index (χ4v) is 1.14. The van der Waals surface area contributed by atoms with Crippen molar-refractivity contribution >= 4 is 17.7 Å². The third kappa shape index (κ3) is 4.89. The molecule has 1 aromatic rings. The normalized spacial score (nSPS) is 9.80. The first-order chi connectivity index (χ1) is 7.33. The summed E-state index contributed by atoms with van der Waals surface area (Å²) in [5, 5.41) is 11.4. The van der Waals surface area contributed by atoms with Gasteiger partial charge >= 0.3 is 5.97 Å². The number of thioether (sulfide) groups is 1. The first-order valence-corrected chi connectivity index (χ1v) is 5.13. The zero-order chi connectivity index (χ0) is 10.9. The molecule has 0 heterocycles. The number of carbonyl (C=O) groups is 1. The predicted octanol–water partition coefficient (Wildman–Crippen LogP) is 2.46. The summed E-state index contributed by atoms with van der Waals surface area (Å²) in [7, 11) is 0. The summed E-state index contributed by atoms with van der Waals surface area (Å²) in [6.07, 6.45) is 1.23. The smallest absolute Gasteiger partial charge is 0.331 e. The first kappa shape index (κ1) is 11.3. The van der Waals surface area contributed by atoms with Crippen LogP contribution in [0.15, 0.2) is 41.8 Å². The van der Waals surface area contributed by atoms with Crippen molar-refractivity contribution in [1.82, 2.24) is 0 Å². The summed E-state index contributed by atoms with van der Waals surface area (Å²) in [5.41, 5.74) is 0.937. The summed E-state index contributed by atoms with van der Waals surface area (Å²) in [6, 6.07) is 9.41. The number of hydrogen-bond donors (Lipinski definition) is 0. The van der Waals surface area contributed by atoms with Gasteiger partial charge in [0.1, 0.15) is 12.0 Å². The SMILES string of the molecule is N#CSC=CC(=O)OCc1ccccc1. The molecule has 4 heteroatoms. The maximum absolute atomic E-state index is 11.1. The molecule has 0 amide bonds. The Bertz CT molecular complexity index is 381. The zero-order valence-electron chi connectivity index (χ0n) is 7.92. The lowest BCUT2D eigenvalue weighted by Crippen LogP contribution is -2.00. The van der Waals surface area contributed by atoms with Crippen LogP contribution in [0.1, 0.15) is 5.56 Å². The molecule has 0 spiro atoms. The Morgan fingerprint density at radius 2 is 2.20 bits per heavy atom. The Morgan fingerprint density at radius 1 is 1.47 bits per heavy atom. The zero-order valence-corrected chi connectivity index (χ0v) is 8.74. The largest absolute Gasteiger partial charge is 0.458 e. The second-order valence-corrected chi connectivity index (χ2v) is 3.30. The van der Waals surface area contributed by atoms with E-state index in [0.29, 0.717) is 0 Å². The average molecular weight is 219 g/mol. The quantitative estimate of drug-likeness (QED) is 0.443. The highest BCUT2D eigenvalue weighted by molar-refractivity contribution is 8.06. The Hall–Kier alpha value is -1.73. The van der Waals surface area contributed by atoms with E-state index in [4.69, 9.17) is 10.00 Å². The molecule has 0 aliphatic carbocycles. The van der Waals surface area contributed by atoms with Gasteiger partial charge in [0.15, 0.2) is 0 Å². The van der Waals surface area contributed by atoms with Crippen LogP contribution in [0.3, 0.4) is 0 Å². The fourth-order valence-electron chi connectivity index (χ4n) is 0.897. The van der Waals surface area contributed by atoms with Crippen LogP contribution in [-0.4, -0.2) is 5.97 Å². The van der Waals surface area contributed by atoms with Crippen molar-refractivity contribution in [3.05, 3.63) is 47.4 Å². The van der Waals surface area contributed by atoms with E-state index in [1.807, 2.05) is 35.7 Å². The van der Waals surface area contributed by atoms with Gasteiger partial charge in [0.05, 0.1) is 0 Å². The molecular formula is C11H9NO2S. The molecule has 1 aromatic carbocycles. The van der Waals surface area contributed by atoms with Crippen LogP contribution in [0.25, 0.3) is 0 Å². The minimum atomic E-state index is -0.443. The minimum absolute atomic E-state index is 0.251. The highest BCUT2D eigenvalue weighted by atomic mass is 32.2.